The van der Waals surface area contributed by atoms with Crippen LogP contribution in [0.1, 0.15) is 67.2 Å². The van der Waals surface area contributed by atoms with Crippen LogP contribution in [0.25, 0.3) is 0 Å². The van der Waals surface area contributed by atoms with Gasteiger partial charge in [-0.1, -0.05) is 0 Å². The van der Waals surface area contributed by atoms with Crippen molar-refractivity contribution >= 4 is 29.8 Å². The Labute approximate surface area is 242 Å². The Balaban J connectivity index is 2.31. The summed E-state index contributed by atoms with van der Waals surface area (Å²) in [6, 6.07) is -1.97. The van der Waals surface area contributed by atoms with E-state index in [-0.39, 0.29) is 32.7 Å². The van der Waals surface area contributed by atoms with Crippen LogP contribution in [-0.2, 0) is 42.9 Å². The van der Waals surface area contributed by atoms with Crippen molar-refractivity contribution in [3.05, 3.63) is 0 Å². The van der Waals surface area contributed by atoms with Gasteiger partial charge in [0.05, 0.1) is 46.1 Å². The zero-order chi connectivity index (χ0) is 31.1. The third-order valence-corrected chi connectivity index (χ3v) is 5.42. The molecule has 0 aromatic heterocycles. The zero-order valence-corrected chi connectivity index (χ0v) is 25.2. The molecule has 1 aliphatic rings. The van der Waals surface area contributed by atoms with E-state index in [1.54, 1.807) is 41.5 Å². The Morgan fingerprint density at radius 1 is 0.854 bits per heavy atom. The fourth-order valence-corrected chi connectivity index (χ4v) is 3.79. The van der Waals surface area contributed by atoms with Gasteiger partial charge in [0, 0.05) is 19.5 Å². The van der Waals surface area contributed by atoms with Crippen LogP contribution in [0.2, 0.25) is 0 Å². The Bertz CT molecular complexity index is 869. The number of rotatable bonds is 17. The Hall–Kier alpha value is -2.97. The fraction of sp³-hybridized carbons (Fsp3) is 0.815. The lowest BCUT2D eigenvalue weighted by Gasteiger charge is -2.28. The van der Waals surface area contributed by atoms with Gasteiger partial charge in [-0.05, 0) is 54.4 Å². The van der Waals surface area contributed by atoms with Gasteiger partial charge in [0.2, 0.25) is 17.7 Å². The first-order valence-electron chi connectivity index (χ1n) is 13.9. The molecule has 4 amide bonds. The lowest BCUT2D eigenvalue weighted by Crippen LogP contribution is -2.53. The predicted molar refractivity (Wildman–Crippen MR) is 148 cm³/mol. The minimum absolute atomic E-state index is 0.0505. The van der Waals surface area contributed by atoms with Crippen molar-refractivity contribution in [1.82, 2.24) is 15.5 Å². The number of hydrogen-bond acceptors (Lipinski definition) is 10. The van der Waals surface area contributed by atoms with Crippen molar-refractivity contribution in [3.8, 4) is 0 Å². The van der Waals surface area contributed by atoms with Crippen LogP contribution in [-0.4, -0.2) is 111 Å². The maximum Gasteiger partial charge on any atom is 0.407 e. The molecule has 0 aromatic rings. The normalized spacial score (nSPS) is 16.1. The maximum absolute atomic E-state index is 13.1. The molecule has 0 spiro atoms. The monoisotopic (exact) mass is 588 g/mol. The van der Waals surface area contributed by atoms with Crippen molar-refractivity contribution < 1.29 is 47.7 Å². The van der Waals surface area contributed by atoms with Gasteiger partial charge in [0.1, 0.15) is 23.3 Å². The summed E-state index contributed by atoms with van der Waals surface area (Å²) in [7, 11) is 0. The lowest BCUT2D eigenvalue weighted by molar-refractivity contribution is -0.157. The summed E-state index contributed by atoms with van der Waals surface area (Å²) in [4.78, 5) is 62.7. The number of amides is 4. The number of hydrogen-bond donors (Lipinski definition) is 3. The van der Waals surface area contributed by atoms with E-state index in [1.165, 1.54) is 4.90 Å². The number of likely N-dealkylation sites (tertiary alicyclic amines) is 1. The summed E-state index contributed by atoms with van der Waals surface area (Å²) in [6.45, 7) is 12.6. The summed E-state index contributed by atoms with van der Waals surface area (Å²) in [6.07, 6.45) is 0.0982. The van der Waals surface area contributed by atoms with Gasteiger partial charge in [0.15, 0.2) is 0 Å². The van der Waals surface area contributed by atoms with E-state index < -0.39 is 53.1 Å². The van der Waals surface area contributed by atoms with Crippen LogP contribution in [0, 0.1) is 0 Å². The molecule has 14 nitrogen and oxygen atoms in total. The molecule has 0 saturated carbocycles. The largest absolute Gasteiger partial charge is 0.460 e. The van der Waals surface area contributed by atoms with Crippen molar-refractivity contribution in [2.45, 2.75) is 90.5 Å². The first-order valence-corrected chi connectivity index (χ1v) is 13.9. The van der Waals surface area contributed by atoms with Gasteiger partial charge < -0.3 is 45.0 Å². The topological polar surface area (TPSA) is 185 Å². The minimum Gasteiger partial charge on any atom is -0.460 e. The highest BCUT2D eigenvalue weighted by molar-refractivity contribution is 5.94. The summed E-state index contributed by atoms with van der Waals surface area (Å²) in [5, 5.41) is 5.17. The zero-order valence-electron chi connectivity index (χ0n) is 25.2. The summed E-state index contributed by atoms with van der Waals surface area (Å²) in [5.74, 6) is -2.32. The van der Waals surface area contributed by atoms with Crippen LogP contribution in [0.5, 0.6) is 0 Å². The van der Waals surface area contributed by atoms with Crippen LogP contribution >= 0.6 is 0 Å². The molecule has 0 unspecified atom stereocenters. The molecular formula is C27H48N4O10. The number of esters is 1. The Kier molecular flexibility index (Phi) is 15.6. The molecule has 1 saturated heterocycles. The van der Waals surface area contributed by atoms with Crippen molar-refractivity contribution in [2.75, 3.05) is 52.7 Å². The molecule has 1 aliphatic heterocycles. The lowest BCUT2D eigenvalue weighted by atomic mass is 10.1. The minimum atomic E-state index is -1.19. The number of carbonyl (C=O) groups is 5. The predicted octanol–water partition coefficient (Wildman–Crippen LogP) is 0.644. The third-order valence-electron chi connectivity index (χ3n) is 5.42. The number of primary amides is 1. The Morgan fingerprint density at radius 3 is 1.98 bits per heavy atom. The van der Waals surface area contributed by atoms with Gasteiger partial charge in [-0.3, -0.25) is 19.2 Å². The van der Waals surface area contributed by atoms with Gasteiger partial charge in [-0.15, -0.1) is 0 Å². The van der Waals surface area contributed by atoms with E-state index in [2.05, 4.69) is 10.6 Å². The Morgan fingerprint density at radius 2 is 1.41 bits per heavy atom. The number of alkyl carbamates (subject to hydrolysis) is 1. The van der Waals surface area contributed by atoms with Crippen LogP contribution < -0.4 is 16.4 Å². The molecule has 1 rings (SSSR count). The van der Waals surface area contributed by atoms with Gasteiger partial charge >= 0.3 is 12.1 Å². The molecule has 0 aromatic carbocycles. The maximum atomic E-state index is 13.1. The second-order valence-corrected chi connectivity index (χ2v) is 11.5. The van der Waals surface area contributed by atoms with E-state index in [9.17, 15) is 24.0 Å². The molecule has 0 bridgehead atoms. The van der Waals surface area contributed by atoms with Gasteiger partial charge in [-0.2, -0.15) is 0 Å². The quantitative estimate of drug-likeness (QED) is 0.161. The highest BCUT2D eigenvalue weighted by atomic mass is 16.6. The number of carbonyl (C=O) groups excluding carboxylic acids is 5. The van der Waals surface area contributed by atoms with Crippen molar-refractivity contribution in [2.24, 2.45) is 5.73 Å². The smallest absolute Gasteiger partial charge is 0.407 e. The SMILES string of the molecule is CC(C)(C)OC(=O)C[C@H](NC(=O)CCOCCOCCOCCNC(=O)OC(C)(C)C)C(=O)N1CCC[C@H]1C(N)=O. The van der Waals surface area contributed by atoms with E-state index >= 15 is 0 Å². The van der Waals surface area contributed by atoms with E-state index in [0.29, 0.717) is 45.8 Å². The first kappa shape index (κ1) is 36.1. The highest BCUT2D eigenvalue weighted by Crippen LogP contribution is 2.19. The second-order valence-electron chi connectivity index (χ2n) is 11.5. The standard InChI is InChI=1S/C27H48N4O10/c1-26(2,3)40-22(33)18-19(24(35)31-11-7-8-20(31)23(28)34)30-21(32)9-12-37-14-16-39-17-15-38-13-10-29-25(36)41-27(4,5)6/h19-20H,7-18H2,1-6H3,(H2,28,34)(H,29,36)(H,30,32)/t19-,20-/m0/s1. The van der Waals surface area contributed by atoms with Gasteiger partial charge in [0.25, 0.3) is 0 Å². The molecule has 1 fully saturated rings. The van der Waals surface area contributed by atoms with Crippen molar-refractivity contribution in [1.29, 1.82) is 0 Å². The average molecular weight is 589 g/mol. The molecule has 4 N–H and O–H groups in total. The molecular weight excluding hydrogens is 540 g/mol. The van der Waals surface area contributed by atoms with Gasteiger partial charge in [-0.25, -0.2) is 4.79 Å². The highest BCUT2D eigenvalue weighted by Gasteiger charge is 2.38. The number of nitrogens with zero attached hydrogens (tertiary/aromatic N) is 1. The summed E-state index contributed by atoms with van der Waals surface area (Å²) < 4.78 is 26.6. The summed E-state index contributed by atoms with van der Waals surface area (Å²) >= 11 is 0. The first-order chi connectivity index (χ1) is 19.1. The fourth-order valence-electron chi connectivity index (χ4n) is 3.79. The second kappa shape index (κ2) is 17.8. The van der Waals surface area contributed by atoms with Crippen molar-refractivity contribution in [3.63, 3.8) is 0 Å². The van der Waals surface area contributed by atoms with E-state index in [1.807, 2.05) is 0 Å². The van der Waals surface area contributed by atoms with E-state index in [4.69, 9.17) is 29.4 Å². The molecule has 41 heavy (non-hydrogen) atoms. The van der Waals surface area contributed by atoms with Crippen LogP contribution in [0.4, 0.5) is 4.79 Å². The molecule has 1 heterocycles. The molecule has 0 radical (unpaired) electrons. The number of ether oxygens (including phenoxy) is 5. The van der Waals surface area contributed by atoms with Crippen LogP contribution in [0.15, 0.2) is 0 Å². The van der Waals surface area contributed by atoms with E-state index in [0.717, 1.165) is 0 Å². The molecule has 236 valence electrons. The van der Waals surface area contributed by atoms with Crippen LogP contribution in [0.3, 0.4) is 0 Å². The average Bonchev–Trinajstić information content (AvgIpc) is 3.32. The third kappa shape index (κ3) is 16.8. The molecule has 14 heteroatoms. The molecule has 0 aliphatic carbocycles. The summed E-state index contributed by atoms with van der Waals surface area (Å²) in [5.41, 5.74) is 4.11. The number of nitrogens with two attached hydrogens (primary N) is 1. The number of nitrogens with one attached hydrogen (secondary N) is 2. The molecule has 2 atom stereocenters.